The van der Waals surface area contributed by atoms with E-state index in [0.29, 0.717) is 5.92 Å². The Kier molecular flexibility index (Phi) is 5.43. The maximum Gasteiger partial charge on any atom is 0.192 e. The second kappa shape index (κ2) is 6.10. The predicted molar refractivity (Wildman–Crippen MR) is 87.2 cm³/mol. The molecule has 110 valence electrons. The molecular formula is C14H27BrN2OSi. The van der Waals surface area contributed by atoms with Gasteiger partial charge in [0.05, 0.1) is 29.5 Å². The zero-order valence-corrected chi connectivity index (χ0v) is 15.8. The molecule has 1 rings (SSSR count). The minimum atomic E-state index is -1.65. The second-order valence-electron chi connectivity index (χ2n) is 6.86. The summed E-state index contributed by atoms with van der Waals surface area (Å²) >= 11 is 3.57. The average molecular weight is 347 g/mol. The van der Waals surface area contributed by atoms with Crippen molar-refractivity contribution in [3.05, 3.63) is 16.4 Å². The summed E-state index contributed by atoms with van der Waals surface area (Å²) in [6, 6.07) is 0. The van der Waals surface area contributed by atoms with Crippen molar-refractivity contribution in [3.8, 4) is 0 Å². The highest BCUT2D eigenvalue weighted by molar-refractivity contribution is 9.10. The van der Waals surface area contributed by atoms with Crippen molar-refractivity contribution in [3.63, 3.8) is 0 Å². The number of hydrogen-bond acceptors (Lipinski definition) is 2. The maximum absolute atomic E-state index is 6.20. The summed E-state index contributed by atoms with van der Waals surface area (Å²) in [4.78, 5) is 0. The highest BCUT2D eigenvalue weighted by Crippen LogP contribution is 2.36. The molecule has 0 spiro atoms. The third kappa shape index (κ3) is 4.16. The summed E-state index contributed by atoms with van der Waals surface area (Å²) in [7, 11) is -1.65. The van der Waals surface area contributed by atoms with Crippen LogP contribution < -0.4 is 0 Å². The molecule has 0 aliphatic heterocycles. The Morgan fingerprint density at radius 3 is 2.42 bits per heavy atom. The molecule has 19 heavy (non-hydrogen) atoms. The van der Waals surface area contributed by atoms with Gasteiger partial charge in [-0.05, 0) is 40.0 Å². The van der Waals surface area contributed by atoms with Crippen LogP contribution in [-0.2, 0) is 11.0 Å². The van der Waals surface area contributed by atoms with Gasteiger partial charge in [0, 0.05) is 0 Å². The summed E-state index contributed by atoms with van der Waals surface area (Å²) in [5, 5.41) is 4.69. The molecule has 1 heterocycles. The summed E-state index contributed by atoms with van der Waals surface area (Å²) < 4.78 is 9.35. The lowest BCUT2D eigenvalue weighted by molar-refractivity contribution is 0.263. The van der Waals surface area contributed by atoms with E-state index in [1.807, 2.05) is 6.20 Å². The van der Waals surface area contributed by atoms with Crippen LogP contribution in [0.5, 0.6) is 0 Å². The topological polar surface area (TPSA) is 27.1 Å². The number of aromatic nitrogens is 2. The third-order valence-electron chi connectivity index (χ3n) is 3.95. The lowest BCUT2D eigenvalue weighted by Crippen LogP contribution is -2.41. The molecule has 0 bridgehead atoms. The first kappa shape index (κ1) is 16.9. The molecule has 1 aromatic heterocycles. The Labute approximate surface area is 127 Å². The van der Waals surface area contributed by atoms with Crippen molar-refractivity contribution in [2.24, 2.45) is 0 Å². The molecule has 3 nitrogen and oxygen atoms in total. The predicted octanol–water partition coefficient (Wildman–Crippen LogP) is 4.79. The Morgan fingerprint density at radius 2 is 1.95 bits per heavy atom. The van der Waals surface area contributed by atoms with Crippen LogP contribution in [0.4, 0.5) is 0 Å². The van der Waals surface area contributed by atoms with Crippen molar-refractivity contribution >= 4 is 24.2 Å². The number of rotatable bonds is 5. The largest absolute Gasteiger partial charge is 0.415 e. The SMILES string of the molecule is CC(C)c1c(Br)cnn1CCO[Si](C)(C)C(C)(C)C. The van der Waals surface area contributed by atoms with E-state index in [2.05, 4.69) is 73.4 Å². The Bertz CT molecular complexity index is 422. The number of nitrogens with zero attached hydrogens (tertiary/aromatic N) is 2. The lowest BCUT2D eigenvalue weighted by atomic mass is 10.1. The fraction of sp³-hybridized carbons (Fsp3) is 0.786. The van der Waals surface area contributed by atoms with Crippen LogP contribution in [-0.4, -0.2) is 24.7 Å². The van der Waals surface area contributed by atoms with E-state index in [0.717, 1.165) is 17.6 Å². The van der Waals surface area contributed by atoms with Crippen LogP contribution in [0.3, 0.4) is 0 Å². The molecule has 0 aromatic carbocycles. The van der Waals surface area contributed by atoms with Crippen molar-refractivity contribution in [1.29, 1.82) is 0 Å². The molecule has 5 heteroatoms. The fourth-order valence-electron chi connectivity index (χ4n) is 1.73. The van der Waals surface area contributed by atoms with Crippen molar-refractivity contribution in [2.75, 3.05) is 6.61 Å². The smallest absolute Gasteiger partial charge is 0.192 e. The summed E-state index contributed by atoms with van der Waals surface area (Å²) in [5.74, 6) is 0.463. The van der Waals surface area contributed by atoms with Gasteiger partial charge in [0.2, 0.25) is 0 Å². The van der Waals surface area contributed by atoms with Crippen LogP contribution in [0.1, 0.15) is 46.2 Å². The molecule has 0 unspecified atom stereocenters. The van der Waals surface area contributed by atoms with Gasteiger partial charge in [-0.15, -0.1) is 0 Å². The maximum atomic E-state index is 6.20. The van der Waals surface area contributed by atoms with Crippen LogP contribution in [0.25, 0.3) is 0 Å². The van der Waals surface area contributed by atoms with Crippen molar-refractivity contribution < 1.29 is 4.43 Å². The molecule has 0 N–H and O–H groups in total. The molecule has 0 atom stereocenters. The van der Waals surface area contributed by atoms with E-state index in [-0.39, 0.29) is 5.04 Å². The van der Waals surface area contributed by atoms with Gasteiger partial charge < -0.3 is 4.43 Å². The van der Waals surface area contributed by atoms with Crippen LogP contribution in [0.2, 0.25) is 18.1 Å². The van der Waals surface area contributed by atoms with Gasteiger partial charge in [-0.1, -0.05) is 34.6 Å². The summed E-state index contributed by atoms with van der Waals surface area (Å²) in [5.41, 5.74) is 1.25. The molecule has 0 amide bonds. The van der Waals surface area contributed by atoms with E-state index in [1.54, 1.807) is 0 Å². The van der Waals surface area contributed by atoms with E-state index in [4.69, 9.17) is 4.43 Å². The van der Waals surface area contributed by atoms with Crippen LogP contribution in [0, 0.1) is 0 Å². The minimum Gasteiger partial charge on any atom is -0.415 e. The van der Waals surface area contributed by atoms with E-state index >= 15 is 0 Å². The molecule has 0 fully saturated rings. The number of halogens is 1. The Balaban J connectivity index is 2.64. The van der Waals surface area contributed by atoms with Gasteiger partial charge in [0.25, 0.3) is 0 Å². The summed E-state index contributed by atoms with van der Waals surface area (Å²) in [6.45, 7) is 17.3. The van der Waals surface area contributed by atoms with Crippen molar-refractivity contribution in [2.45, 2.75) is 65.2 Å². The molecule has 0 saturated heterocycles. The molecule has 0 aliphatic carbocycles. The molecule has 1 aromatic rings. The fourth-order valence-corrected chi connectivity index (χ4v) is 3.52. The highest BCUT2D eigenvalue weighted by atomic mass is 79.9. The first-order valence-corrected chi connectivity index (χ1v) is 10.6. The normalized spacial score (nSPS) is 13.3. The highest BCUT2D eigenvalue weighted by Gasteiger charge is 2.36. The minimum absolute atomic E-state index is 0.262. The third-order valence-corrected chi connectivity index (χ3v) is 9.10. The van der Waals surface area contributed by atoms with Gasteiger partial charge in [0.15, 0.2) is 8.32 Å². The standard InChI is InChI=1S/C14H27BrN2OSi/c1-11(2)13-12(15)10-16-17(13)8-9-18-19(6,7)14(3,4)5/h10-11H,8-9H2,1-7H3. The summed E-state index contributed by atoms with van der Waals surface area (Å²) in [6.07, 6.45) is 1.88. The van der Waals surface area contributed by atoms with Crippen LogP contribution in [0.15, 0.2) is 10.7 Å². The van der Waals surface area contributed by atoms with E-state index in [9.17, 15) is 0 Å². The molecule has 0 radical (unpaired) electrons. The molecular weight excluding hydrogens is 320 g/mol. The monoisotopic (exact) mass is 346 g/mol. The van der Waals surface area contributed by atoms with E-state index < -0.39 is 8.32 Å². The van der Waals surface area contributed by atoms with Gasteiger partial charge in [-0.2, -0.15) is 5.10 Å². The lowest BCUT2D eigenvalue weighted by Gasteiger charge is -2.36. The Morgan fingerprint density at radius 1 is 1.37 bits per heavy atom. The first-order valence-electron chi connectivity index (χ1n) is 6.91. The van der Waals surface area contributed by atoms with Gasteiger partial charge >= 0.3 is 0 Å². The quantitative estimate of drug-likeness (QED) is 0.716. The zero-order chi connectivity index (χ0) is 14.8. The van der Waals surface area contributed by atoms with Gasteiger partial charge in [-0.25, -0.2) is 0 Å². The zero-order valence-electron chi connectivity index (χ0n) is 13.2. The molecule has 0 saturated carbocycles. The molecule has 0 aliphatic rings. The van der Waals surface area contributed by atoms with Crippen molar-refractivity contribution in [1.82, 2.24) is 9.78 Å². The van der Waals surface area contributed by atoms with E-state index in [1.165, 1.54) is 5.69 Å². The first-order chi connectivity index (χ1) is 8.56. The van der Waals surface area contributed by atoms with Gasteiger partial charge in [0.1, 0.15) is 0 Å². The average Bonchev–Trinajstić information content (AvgIpc) is 2.57. The van der Waals surface area contributed by atoms with Gasteiger partial charge in [-0.3, -0.25) is 4.68 Å². The second-order valence-corrected chi connectivity index (χ2v) is 12.5. The number of hydrogen-bond donors (Lipinski definition) is 0. The Hall–Kier alpha value is -0.133. The van der Waals surface area contributed by atoms with Crippen LogP contribution >= 0.6 is 15.9 Å².